The smallest absolute Gasteiger partial charge is 0.331 e. The Kier molecular flexibility index (Phi) is 5.99. The largest absolute Gasteiger partial charge is 0.508 e. The third kappa shape index (κ3) is 4.56. The summed E-state index contributed by atoms with van der Waals surface area (Å²) in [6, 6.07) is 6.63. The van der Waals surface area contributed by atoms with E-state index in [1.165, 1.54) is 11.6 Å². The normalized spacial score (nSPS) is 36.4. The Balaban J connectivity index is 1.45. The Hall–Kier alpha value is -2.15. The lowest BCUT2D eigenvalue weighted by molar-refractivity contribution is -0.166. The summed E-state index contributed by atoms with van der Waals surface area (Å²) in [6.07, 6.45) is 7.16. The highest BCUT2D eigenvalue weighted by Gasteiger charge is 2.72. The van der Waals surface area contributed by atoms with Crippen molar-refractivity contribution in [2.45, 2.75) is 69.5 Å². The molecule has 3 aliphatic rings. The van der Waals surface area contributed by atoms with Crippen LogP contribution in [-0.4, -0.2) is 54.3 Å². The molecule has 0 radical (unpaired) electrons. The number of aromatic hydroxyl groups is 1. The molecule has 1 aromatic carbocycles. The lowest BCUT2D eigenvalue weighted by Gasteiger charge is -2.42. The number of epoxide rings is 2. The number of ether oxygens (including phenoxy) is 4. The Bertz CT molecular complexity index is 865. The number of rotatable bonds is 7. The zero-order valence-electron chi connectivity index (χ0n) is 18.7. The summed E-state index contributed by atoms with van der Waals surface area (Å²) < 4.78 is 23.9. The van der Waals surface area contributed by atoms with Crippen molar-refractivity contribution in [1.29, 1.82) is 0 Å². The fourth-order valence-electron chi connectivity index (χ4n) is 5.01. The van der Waals surface area contributed by atoms with Crippen LogP contribution in [-0.2, 0) is 23.7 Å². The lowest BCUT2D eigenvalue weighted by atomic mass is 9.68. The van der Waals surface area contributed by atoms with E-state index < -0.39 is 5.97 Å². The van der Waals surface area contributed by atoms with Gasteiger partial charge in [-0.25, -0.2) is 4.79 Å². The summed E-state index contributed by atoms with van der Waals surface area (Å²) in [5.74, 6) is -0.214. The fraction of sp³-hybridized carbons (Fsp3) is 0.560. The molecule has 1 spiro atoms. The van der Waals surface area contributed by atoms with Gasteiger partial charge < -0.3 is 24.1 Å². The van der Waals surface area contributed by atoms with Gasteiger partial charge in [-0.3, -0.25) is 0 Å². The average molecular weight is 429 g/mol. The third-order valence-corrected chi connectivity index (χ3v) is 6.81. The number of esters is 1. The minimum atomic E-state index is -0.408. The van der Waals surface area contributed by atoms with Crippen LogP contribution in [0.25, 0.3) is 6.08 Å². The quantitative estimate of drug-likeness (QED) is 0.306. The van der Waals surface area contributed by atoms with Gasteiger partial charge >= 0.3 is 5.97 Å². The highest BCUT2D eigenvalue weighted by Crippen LogP contribution is 2.59. The van der Waals surface area contributed by atoms with Gasteiger partial charge in [0.25, 0.3) is 0 Å². The summed E-state index contributed by atoms with van der Waals surface area (Å²) in [4.78, 5) is 12.5. The van der Waals surface area contributed by atoms with Crippen molar-refractivity contribution < 1.29 is 28.8 Å². The van der Waals surface area contributed by atoms with E-state index in [1.54, 1.807) is 37.5 Å². The Morgan fingerprint density at radius 1 is 1.29 bits per heavy atom. The van der Waals surface area contributed by atoms with Gasteiger partial charge in [0.2, 0.25) is 0 Å². The molecule has 2 heterocycles. The van der Waals surface area contributed by atoms with Gasteiger partial charge in [0, 0.05) is 13.2 Å². The molecule has 0 unspecified atom stereocenters. The summed E-state index contributed by atoms with van der Waals surface area (Å²) in [5.41, 5.74) is 1.50. The van der Waals surface area contributed by atoms with Gasteiger partial charge in [-0.2, -0.15) is 0 Å². The highest BCUT2D eigenvalue weighted by atomic mass is 16.6. The molecule has 1 aromatic rings. The van der Waals surface area contributed by atoms with E-state index in [4.69, 9.17) is 18.9 Å². The second-order valence-corrected chi connectivity index (χ2v) is 9.28. The molecule has 6 nitrogen and oxygen atoms in total. The first-order chi connectivity index (χ1) is 14.8. The van der Waals surface area contributed by atoms with Crippen LogP contribution < -0.4 is 0 Å². The molecule has 0 bridgehead atoms. The van der Waals surface area contributed by atoms with Gasteiger partial charge in [0.15, 0.2) is 0 Å². The van der Waals surface area contributed by atoms with Crippen molar-refractivity contribution >= 4 is 12.0 Å². The molecule has 4 rings (SSSR count). The van der Waals surface area contributed by atoms with Crippen LogP contribution >= 0.6 is 0 Å². The van der Waals surface area contributed by atoms with Gasteiger partial charge in [0.05, 0.1) is 18.6 Å². The van der Waals surface area contributed by atoms with Crippen LogP contribution in [0.15, 0.2) is 42.0 Å². The van der Waals surface area contributed by atoms with Gasteiger partial charge in [-0.1, -0.05) is 23.8 Å². The van der Waals surface area contributed by atoms with Crippen molar-refractivity contribution in [2.24, 2.45) is 5.92 Å². The summed E-state index contributed by atoms with van der Waals surface area (Å²) in [6.45, 7) is 7.01. The number of phenolic OH excluding ortho intramolecular Hbond substituents is 1. The fourth-order valence-corrected chi connectivity index (χ4v) is 5.01. The van der Waals surface area contributed by atoms with Crippen molar-refractivity contribution in [1.82, 2.24) is 0 Å². The van der Waals surface area contributed by atoms with E-state index in [0.717, 1.165) is 18.4 Å². The van der Waals surface area contributed by atoms with Crippen molar-refractivity contribution in [3.63, 3.8) is 0 Å². The molecule has 3 fully saturated rings. The number of hydrogen-bond donors (Lipinski definition) is 1. The molecule has 168 valence electrons. The first-order valence-electron chi connectivity index (χ1n) is 10.9. The predicted octanol–water partition coefficient (Wildman–Crippen LogP) is 4.03. The molecular formula is C25H32O6. The molecule has 1 N–H and O–H groups in total. The number of carbonyl (C=O) groups excluding carboxylic acids is 1. The van der Waals surface area contributed by atoms with Crippen LogP contribution in [0.5, 0.6) is 5.75 Å². The topological polar surface area (TPSA) is 80.8 Å². The number of allylic oxidation sites excluding steroid dienone is 1. The first-order valence-corrected chi connectivity index (χ1v) is 10.9. The standard InChI is InChI=1S/C25H32O6/c1-16(2)5-11-20-24(3,31-20)23-22(28-4)19(13-14-25(23)15-29-25)30-21(27)12-8-17-6-9-18(26)10-7-17/h5-10,12,19-20,22-23,26H,11,13-15H2,1-4H3/b12-8+/t19-,20-,22-,23-,24+,25+/m1/s1. The van der Waals surface area contributed by atoms with Gasteiger partial charge in [-0.05, 0) is 63.8 Å². The first kappa shape index (κ1) is 22.1. The molecule has 1 aliphatic carbocycles. The molecule has 0 amide bonds. The van der Waals surface area contributed by atoms with E-state index >= 15 is 0 Å². The summed E-state index contributed by atoms with van der Waals surface area (Å²) in [5, 5.41) is 9.38. The van der Waals surface area contributed by atoms with E-state index in [9.17, 15) is 9.90 Å². The Labute approximate surface area is 183 Å². The second kappa shape index (κ2) is 8.41. The minimum absolute atomic E-state index is 0.00758. The zero-order chi connectivity index (χ0) is 22.2. The van der Waals surface area contributed by atoms with Crippen LogP contribution in [0.4, 0.5) is 0 Å². The van der Waals surface area contributed by atoms with E-state index in [1.807, 2.05) is 0 Å². The maximum absolute atomic E-state index is 12.5. The molecule has 2 aliphatic heterocycles. The van der Waals surface area contributed by atoms with Crippen LogP contribution in [0.1, 0.15) is 45.6 Å². The highest BCUT2D eigenvalue weighted by molar-refractivity contribution is 5.87. The predicted molar refractivity (Wildman–Crippen MR) is 117 cm³/mol. The van der Waals surface area contributed by atoms with E-state index in [2.05, 4.69) is 26.8 Å². The number of hydrogen-bond acceptors (Lipinski definition) is 6. The van der Waals surface area contributed by atoms with Gasteiger partial charge in [0.1, 0.15) is 29.2 Å². The molecule has 0 aromatic heterocycles. The third-order valence-electron chi connectivity index (χ3n) is 6.81. The maximum Gasteiger partial charge on any atom is 0.331 e. The van der Waals surface area contributed by atoms with Gasteiger partial charge in [-0.15, -0.1) is 0 Å². The van der Waals surface area contributed by atoms with E-state index in [-0.39, 0.29) is 41.2 Å². The Morgan fingerprint density at radius 3 is 2.61 bits per heavy atom. The van der Waals surface area contributed by atoms with E-state index in [0.29, 0.717) is 13.0 Å². The SMILES string of the molecule is CO[C@@H]1[C@H](OC(=O)/C=C/c2ccc(O)cc2)CC[C@]2(CO2)[C@H]1[C@@]1(C)O[C@@H]1CC=C(C)C. The lowest BCUT2D eigenvalue weighted by Crippen LogP contribution is -2.55. The second-order valence-electron chi connectivity index (χ2n) is 9.28. The summed E-state index contributed by atoms with van der Waals surface area (Å²) in [7, 11) is 1.67. The number of methoxy groups -OCH3 is 1. The molecule has 6 heteroatoms. The number of carbonyl (C=O) groups is 1. The van der Waals surface area contributed by atoms with Crippen molar-refractivity contribution in [3.8, 4) is 5.75 Å². The van der Waals surface area contributed by atoms with Crippen LogP contribution in [0.2, 0.25) is 0 Å². The Morgan fingerprint density at radius 2 is 2.00 bits per heavy atom. The average Bonchev–Trinajstić information content (AvgIpc) is 3.65. The van der Waals surface area contributed by atoms with Crippen molar-refractivity contribution in [3.05, 3.63) is 47.6 Å². The monoisotopic (exact) mass is 428 g/mol. The van der Waals surface area contributed by atoms with Crippen LogP contribution in [0, 0.1) is 5.92 Å². The molecule has 31 heavy (non-hydrogen) atoms. The molecule has 2 saturated heterocycles. The number of benzene rings is 1. The molecule has 1 saturated carbocycles. The zero-order valence-corrected chi connectivity index (χ0v) is 18.7. The molecular weight excluding hydrogens is 396 g/mol. The minimum Gasteiger partial charge on any atom is -0.508 e. The number of phenols is 1. The van der Waals surface area contributed by atoms with Crippen molar-refractivity contribution in [2.75, 3.05) is 13.7 Å². The maximum atomic E-state index is 12.5. The molecule has 6 atom stereocenters. The van der Waals surface area contributed by atoms with Crippen LogP contribution in [0.3, 0.4) is 0 Å². The summed E-state index contributed by atoms with van der Waals surface area (Å²) >= 11 is 0.